The number of benzene rings is 1. The molecular weight excluding hydrogens is 306 g/mol. The van der Waals surface area contributed by atoms with E-state index in [1.807, 2.05) is 6.92 Å². The standard InChI is InChI=1S/C10H16BrN3O2S/c1-3-6-13-17(15,16)14(2)10-5-4-8(11)7-9(10)12/h4-5,7,13H,3,6,12H2,1-2H3. The quantitative estimate of drug-likeness (QED) is 0.811. The lowest BCUT2D eigenvalue weighted by Gasteiger charge is -2.21. The minimum Gasteiger partial charge on any atom is -0.397 e. The van der Waals surface area contributed by atoms with Crippen molar-refractivity contribution < 1.29 is 8.42 Å². The average molecular weight is 322 g/mol. The lowest BCUT2D eigenvalue weighted by molar-refractivity contribution is 0.579. The molecule has 0 aliphatic rings. The topological polar surface area (TPSA) is 75.4 Å². The third-order valence-electron chi connectivity index (χ3n) is 2.22. The van der Waals surface area contributed by atoms with Crippen LogP contribution in [-0.2, 0) is 10.2 Å². The van der Waals surface area contributed by atoms with Crippen LogP contribution < -0.4 is 14.8 Å². The van der Waals surface area contributed by atoms with Crippen LogP contribution in [0.15, 0.2) is 22.7 Å². The molecule has 1 rings (SSSR count). The summed E-state index contributed by atoms with van der Waals surface area (Å²) in [5.74, 6) is 0. The molecule has 0 amide bonds. The Morgan fingerprint density at radius 1 is 1.47 bits per heavy atom. The molecule has 0 aliphatic heterocycles. The molecule has 0 radical (unpaired) electrons. The van der Waals surface area contributed by atoms with Gasteiger partial charge in [-0.1, -0.05) is 22.9 Å². The van der Waals surface area contributed by atoms with Gasteiger partial charge < -0.3 is 5.73 Å². The van der Waals surface area contributed by atoms with Crippen molar-refractivity contribution in [3.8, 4) is 0 Å². The van der Waals surface area contributed by atoms with Gasteiger partial charge in [0.1, 0.15) is 0 Å². The van der Waals surface area contributed by atoms with Gasteiger partial charge in [0.2, 0.25) is 0 Å². The second kappa shape index (κ2) is 5.70. The monoisotopic (exact) mass is 321 g/mol. The van der Waals surface area contributed by atoms with Crippen LogP contribution in [-0.4, -0.2) is 22.0 Å². The van der Waals surface area contributed by atoms with Crippen LogP contribution in [0.3, 0.4) is 0 Å². The summed E-state index contributed by atoms with van der Waals surface area (Å²) in [5, 5.41) is 0. The predicted octanol–water partition coefficient (Wildman–Crippen LogP) is 1.71. The Morgan fingerprint density at radius 3 is 2.65 bits per heavy atom. The van der Waals surface area contributed by atoms with Gasteiger partial charge in [0.25, 0.3) is 0 Å². The zero-order valence-electron chi connectivity index (χ0n) is 9.77. The highest BCUT2D eigenvalue weighted by Gasteiger charge is 2.19. The summed E-state index contributed by atoms with van der Waals surface area (Å²) >= 11 is 3.27. The molecule has 0 bridgehead atoms. The summed E-state index contributed by atoms with van der Waals surface area (Å²) in [6.07, 6.45) is 0.739. The van der Waals surface area contributed by atoms with E-state index in [9.17, 15) is 8.42 Å². The first-order valence-electron chi connectivity index (χ1n) is 5.17. The van der Waals surface area contributed by atoms with Crippen LogP contribution in [0.2, 0.25) is 0 Å². The summed E-state index contributed by atoms with van der Waals surface area (Å²) in [6, 6.07) is 5.07. The second-order valence-corrected chi connectivity index (χ2v) is 6.27. The molecule has 0 saturated heterocycles. The largest absolute Gasteiger partial charge is 0.397 e. The van der Waals surface area contributed by atoms with Gasteiger partial charge in [-0.05, 0) is 24.6 Å². The molecule has 0 atom stereocenters. The molecule has 0 saturated carbocycles. The highest BCUT2D eigenvalue weighted by Crippen LogP contribution is 2.27. The highest BCUT2D eigenvalue weighted by atomic mass is 79.9. The van der Waals surface area contributed by atoms with E-state index in [1.54, 1.807) is 18.2 Å². The van der Waals surface area contributed by atoms with Gasteiger partial charge in [-0.15, -0.1) is 0 Å². The summed E-state index contributed by atoms with van der Waals surface area (Å²) in [4.78, 5) is 0. The van der Waals surface area contributed by atoms with E-state index in [2.05, 4.69) is 20.7 Å². The number of nitrogens with one attached hydrogen (secondary N) is 1. The van der Waals surface area contributed by atoms with E-state index >= 15 is 0 Å². The summed E-state index contributed by atoms with van der Waals surface area (Å²) in [6.45, 7) is 2.31. The number of nitrogen functional groups attached to an aromatic ring is 1. The number of nitrogens with zero attached hydrogens (tertiary/aromatic N) is 1. The fourth-order valence-electron chi connectivity index (χ4n) is 1.27. The number of hydrogen-bond acceptors (Lipinski definition) is 3. The Kier molecular flexibility index (Phi) is 4.79. The van der Waals surface area contributed by atoms with Crippen molar-refractivity contribution >= 4 is 37.5 Å². The van der Waals surface area contributed by atoms with E-state index in [0.29, 0.717) is 17.9 Å². The predicted molar refractivity (Wildman–Crippen MR) is 74.2 cm³/mol. The molecule has 1 aromatic rings. The molecule has 7 heteroatoms. The zero-order valence-corrected chi connectivity index (χ0v) is 12.2. The molecule has 0 spiro atoms. The maximum absolute atomic E-state index is 11.9. The Labute approximate surface area is 110 Å². The van der Waals surface area contributed by atoms with Crippen molar-refractivity contribution in [2.45, 2.75) is 13.3 Å². The van der Waals surface area contributed by atoms with Crippen molar-refractivity contribution in [2.75, 3.05) is 23.6 Å². The Morgan fingerprint density at radius 2 is 2.12 bits per heavy atom. The Hall–Kier alpha value is -0.790. The van der Waals surface area contributed by atoms with E-state index in [0.717, 1.165) is 15.2 Å². The van der Waals surface area contributed by atoms with Crippen LogP contribution in [0, 0.1) is 0 Å². The van der Waals surface area contributed by atoms with Crippen LogP contribution >= 0.6 is 15.9 Å². The molecule has 3 N–H and O–H groups in total. The maximum Gasteiger partial charge on any atom is 0.301 e. The van der Waals surface area contributed by atoms with Crippen molar-refractivity contribution in [1.82, 2.24) is 4.72 Å². The fraction of sp³-hybridized carbons (Fsp3) is 0.400. The molecule has 17 heavy (non-hydrogen) atoms. The van der Waals surface area contributed by atoms with Gasteiger partial charge in [-0.3, -0.25) is 4.31 Å². The third-order valence-corrected chi connectivity index (χ3v) is 4.20. The molecule has 0 fully saturated rings. The van der Waals surface area contributed by atoms with Gasteiger partial charge in [0.05, 0.1) is 11.4 Å². The van der Waals surface area contributed by atoms with Crippen LogP contribution in [0.1, 0.15) is 13.3 Å². The molecule has 0 heterocycles. The average Bonchev–Trinajstić information content (AvgIpc) is 2.25. The minimum atomic E-state index is -3.52. The molecule has 5 nitrogen and oxygen atoms in total. The van der Waals surface area contributed by atoms with Crippen LogP contribution in [0.4, 0.5) is 11.4 Å². The summed E-state index contributed by atoms with van der Waals surface area (Å²) < 4.78 is 28.2. The number of rotatable bonds is 5. The van der Waals surface area contributed by atoms with E-state index in [4.69, 9.17) is 5.73 Å². The van der Waals surface area contributed by atoms with Crippen molar-refractivity contribution in [3.05, 3.63) is 22.7 Å². The van der Waals surface area contributed by atoms with E-state index in [-0.39, 0.29) is 0 Å². The smallest absolute Gasteiger partial charge is 0.301 e. The number of anilines is 2. The lowest BCUT2D eigenvalue weighted by atomic mass is 10.3. The Balaban J connectivity index is 2.99. The van der Waals surface area contributed by atoms with Gasteiger partial charge in [0.15, 0.2) is 0 Å². The molecule has 0 unspecified atom stereocenters. The number of halogens is 1. The van der Waals surface area contributed by atoms with Crippen molar-refractivity contribution in [2.24, 2.45) is 0 Å². The second-order valence-electron chi connectivity index (χ2n) is 3.57. The van der Waals surface area contributed by atoms with E-state index < -0.39 is 10.2 Å². The van der Waals surface area contributed by atoms with Gasteiger partial charge >= 0.3 is 10.2 Å². The van der Waals surface area contributed by atoms with Crippen LogP contribution in [0.25, 0.3) is 0 Å². The first-order chi connectivity index (χ1) is 7.88. The Bertz CT molecular complexity index is 490. The van der Waals surface area contributed by atoms with Crippen LogP contribution in [0.5, 0.6) is 0 Å². The van der Waals surface area contributed by atoms with Gasteiger partial charge in [0, 0.05) is 18.1 Å². The van der Waals surface area contributed by atoms with E-state index in [1.165, 1.54) is 7.05 Å². The lowest BCUT2D eigenvalue weighted by Crippen LogP contribution is -2.38. The summed E-state index contributed by atoms with van der Waals surface area (Å²) in [7, 11) is -2.05. The molecule has 0 aliphatic carbocycles. The number of hydrogen-bond donors (Lipinski definition) is 2. The normalized spacial score (nSPS) is 11.5. The maximum atomic E-state index is 11.9. The third kappa shape index (κ3) is 3.58. The van der Waals surface area contributed by atoms with Gasteiger partial charge in [-0.2, -0.15) is 13.1 Å². The van der Waals surface area contributed by atoms with Crippen molar-refractivity contribution in [1.29, 1.82) is 0 Å². The molecular formula is C10H16BrN3O2S. The highest BCUT2D eigenvalue weighted by molar-refractivity contribution is 9.10. The fourth-order valence-corrected chi connectivity index (χ4v) is 2.73. The molecule has 96 valence electrons. The molecule has 0 aromatic heterocycles. The van der Waals surface area contributed by atoms with Crippen molar-refractivity contribution in [3.63, 3.8) is 0 Å². The first-order valence-corrected chi connectivity index (χ1v) is 7.40. The van der Waals surface area contributed by atoms with Gasteiger partial charge in [-0.25, -0.2) is 0 Å². The zero-order chi connectivity index (χ0) is 13.1. The SMILES string of the molecule is CCCNS(=O)(=O)N(C)c1ccc(Br)cc1N. The first kappa shape index (κ1) is 14.3. The summed E-state index contributed by atoms with van der Waals surface area (Å²) in [5.41, 5.74) is 6.65. The minimum absolute atomic E-state index is 0.406. The number of nitrogens with two attached hydrogens (primary N) is 1. The molecule has 1 aromatic carbocycles.